The smallest absolute Gasteiger partial charge is 0.276 e. The Morgan fingerprint density at radius 2 is 2.28 bits per heavy atom. The number of pyridine rings is 1. The zero-order chi connectivity index (χ0) is 13.7. The Hall–Kier alpha value is -1.89. The normalized spacial score (nSPS) is 12.0. The molecule has 18 heavy (non-hydrogen) atoms. The van der Waals surface area contributed by atoms with Gasteiger partial charge in [0, 0.05) is 20.1 Å². The van der Waals surface area contributed by atoms with Crippen molar-refractivity contribution >= 4 is 17.3 Å². The van der Waals surface area contributed by atoms with Crippen LogP contribution in [0.4, 0.5) is 17.3 Å². The number of aliphatic hydroxyl groups excluding tert-OH is 1. The standard InChI is InChI=1S/C11H18N4O3/c1-4-12-10-5-9(15(17)18)6-11(13-10)14(3)7-8(2)16/h5-6,8,16H,4,7H2,1-3H3,(H,12,13). The summed E-state index contributed by atoms with van der Waals surface area (Å²) >= 11 is 0. The fourth-order valence-corrected chi connectivity index (χ4v) is 1.56. The average molecular weight is 254 g/mol. The number of rotatable bonds is 6. The zero-order valence-electron chi connectivity index (χ0n) is 10.8. The predicted molar refractivity (Wildman–Crippen MR) is 70.0 cm³/mol. The molecule has 1 atom stereocenters. The number of likely N-dealkylation sites (N-methyl/N-ethyl adjacent to an activating group) is 1. The maximum absolute atomic E-state index is 10.8. The third-order valence-electron chi connectivity index (χ3n) is 2.29. The van der Waals surface area contributed by atoms with Gasteiger partial charge in [-0.15, -0.1) is 0 Å². The molecule has 0 bridgehead atoms. The summed E-state index contributed by atoms with van der Waals surface area (Å²) in [5.74, 6) is 0.917. The highest BCUT2D eigenvalue weighted by Gasteiger charge is 2.14. The number of nitrogens with one attached hydrogen (secondary N) is 1. The van der Waals surface area contributed by atoms with Crippen molar-refractivity contribution in [1.82, 2.24) is 4.98 Å². The van der Waals surface area contributed by atoms with Gasteiger partial charge in [0.05, 0.1) is 23.2 Å². The molecular formula is C11H18N4O3. The second kappa shape index (κ2) is 6.15. The van der Waals surface area contributed by atoms with E-state index in [0.29, 0.717) is 24.7 Å². The lowest BCUT2D eigenvalue weighted by molar-refractivity contribution is -0.384. The van der Waals surface area contributed by atoms with Crippen LogP contribution < -0.4 is 10.2 Å². The van der Waals surface area contributed by atoms with Crippen molar-refractivity contribution in [2.75, 3.05) is 30.4 Å². The van der Waals surface area contributed by atoms with Crippen LogP contribution in [-0.4, -0.2) is 41.3 Å². The third-order valence-corrected chi connectivity index (χ3v) is 2.29. The lowest BCUT2D eigenvalue weighted by Crippen LogP contribution is -2.27. The predicted octanol–water partition coefficient (Wildman–Crippen LogP) is 1.24. The van der Waals surface area contributed by atoms with E-state index in [1.165, 1.54) is 12.1 Å². The van der Waals surface area contributed by atoms with Crippen molar-refractivity contribution in [3.63, 3.8) is 0 Å². The molecule has 0 aromatic carbocycles. The highest BCUT2D eigenvalue weighted by Crippen LogP contribution is 2.22. The zero-order valence-corrected chi connectivity index (χ0v) is 10.8. The van der Waals surface area contributed by atoms with Gasteiger partial charge < -0.3 is 15.3 Å². The Kier molecular flexibility index (Phi) is 4.85. The van der Waals surface area contributed by atoms with Crippen molar-refractivity contribution < 1.29 is 10.0 Å². The van der Waals surface area contributed by atoms with Crippen LogP contribution in [0.15, 0.2) is 12.1 Å². The number of nitro groups is 1. The summed E-state index contributed by atoms with van der Waals surface area (Å²) in [6.07, 6.45) is -0.529. The first-order valence-electron chi connectivity index (χ1n) is 5.73. The molecule has 0 aliphatic rings. The summed E-state index contributed by atoms with van der Waals surface area (Å²) in [7, 11) is 1.73. The van der Waals surface area contributed by atoms with Crippen LogP contribution in [0.1, 0.15) is 13.8 Å². The van der Waals surface area contributed by atoms with Gasteiger partial charge in [-0.25, -0.2) is 4.98 Å². The highest BCUT2D eigenvalue weighted by molar-refractivity contribution is 5.55. The number of hydrogen-bond acceptors (Lipinski definition) is 6. The van der Waals surface area contributed by atoms with Gasteiger partial charge in [0.25, 0.3) is 5.69 Å². The maximum atomic E-state index is 10.8. The molecule has 1 unspecified atom stereocenters. The van der Waals surface area contributed by atoms with Crippen molar-refractivity contribution in [2.24, 2.45) is 0 Å². The molecule has 0 amide bonds. The molecule has 2 N–H and O–H groups in total. The summed E-state index contributed by atoms with van der Waals surface area (Å²) in [6.45, 7) is 4.53. The van der Waals surface area contributed by atoms with Gasteiger partial charge in [-0.1, -0.05) is 0 Å². The molecular weight excluding hydrogens is 236 g/mol. The first-order chi connectivity index (χ1) is 8.43. The fourth-order valence-electron chi connectivity index (χ4n) is 1.56. The average Bonchev–Trinajstić information content (AvgIpc) is 2.28. The molecule has 0 radical (unpaired) electrons. The lowest BCUT2D eigenvalue weighted by atomic mass is 10.3. The van der Waals surface area contributed by atoms with E-state index in [1.54, 1.807) is 18.9 Å². The Morgan fingerprint density at radius 3 is 2.78 bits per heavy atom. The number of nitrogens with zero attached hydrogens (tertiary/aromatic N) is 3. The monoisotopic (exact) mass is 254 g/mol. The second-order valence-corrected chi connectivity index (χ2v) is 4.09. The lowest BCUT2D eigenvalue weighted by Gasteiger charge is -2.20. The number of aromatic nitrogens is 1. The minimum Gasteiger partial charge on any atom is -0.392 e. The Balaban J connectivity index is 3.05. The molecule has 1 heterocycles. The molecule has 0 aliphatic heterocycles. The molecule has 0 saturated carbocycles. The van der Waals surface area contributed by atoms with Gasteiger partial charge in [0.2, 0.25) is 0 Å². The van der Waals surface area contributed by atoms with Crippen molar-refractivity contribution in [3.8, 4) is 0 Å². The highest BCUT2D eigenvalue weighted by atomic mass is 16.6. The fraction of sp³-hybridized carbons (Fsp3) is 0.545. The van der Waals surface area contributed by atoms with Gasteiger partial charge in [0.1, 0.15) is 11.6 Å². The largest absolute Gasteiger partial charge is 0.392 e. The number of anilines is 2. The summed E-state index contributed by atoms with van der Waals surface area (Å²) in [5.41, 5.74) is -0.0200. The third kappa shape index (κ3) is 3.85. The van der Waals surface area contributed by atoms with E-state index in [2.05, 4.69) is 10.3 Å². The van der Waals surface area contributed by atoms with Crippen LogP contribution in [0.25, 0.3) is 0 Å². The van der Waals surface area contributed by atoms with E-state index >= 15 is 0 Å². The van der Waals surface area contributed by atoms with Gasteiger partial charge in [-0.3, -0.25) is 10.1 Å². The van der Waals surface area contributed by atoms with Gasteiger partial charge >= 0.3 is 0 Å². The Morgan fingerprint density at radius 1 is 1.61 bits per heavy atom. The summed E-state index contributed by atoms with van der Waals surface area (Å²) < 4.78 is 0. The molecule has 1 aromatic rings. The van der Waals surface area contributed by atoms with Crippen LogP contribution in [-0.2, 0) is 0 Å². The molecule has 1 aromatic heterocycles. The molecule has 100 valence electrons. The minimum atomic E-state index is -0.529. The molecule has 1 rings (SSSR count). The van der Waals surface area contributed by atoms with E-state index in [9.17, 15) is 15.2 Å². The van der Waals surface area contributed by atoms with E-state index in [4.69, 9.17) is 0 Å². The van der Waals surface area contributed by atoms with E-state index in [-0.39, 0.29) is 5.69 Å². The van der Waals surface area contributed by atoms with Crippen LogP contribution in [0.5, 0.6) is 0 Å². The van der Waals surface area contributed by atoms with Crippen LogP contribution in [0.2, 0.25) is 0 Å². The number of hydrogen-bond donors (Lipinski definition) is 2. The molecule has 7 heteroatoms. The maximum Gasteiger partial charge on any atom is 0.276 e. The summed E-state index contributed by atoms with van der Waals surface area (Å²) in [5, 5.41) is 23.1. The second-order valence-electron chi connectivity index (χ2n) is 4.09. The molecule has 7 nitrogen and oxygen atoms in total. The van der Waals surface area contributed by atoms with E-state index in [0.717, 1.165) is 0 Å². The summed E-state index contributed by atoms with van der Waals surface area (Å²) in [4.78, 5) is 16.3. The van der Waals surface area contributed by atoms with E-state index < -0.39 is 11.0 Å². The molecule has 0 aliphatic carbocycles. The van der Waals surface area contributed by atoms with E-state index in [1.807, 2.05) is 6.92 Å². The SMILES string of the molecule is CCNc1cc([N+](=O)[O-])cc(N(C)CC(C)O)n1. The number of aliphatic hydroxyl groups is 1. The summed E-state index contributed by atoms with van der Waals surface area (Å²) in [6, 6.07) is 2.78. The first-order valence-corrected chi connectivity index (χ1v) is 5.73. The quantitative estimate of drug-likeness (QED) is 0.586. The van der Waals surface area contributed by atoms with Crippen molar-refractivity contribution in [1.29, 1.82) is 0 Å². The minimum absolute atomic E-state index is 0.0200. The van der Waals surface area contributed by atoms with Crippen molar-refractivity contribution in [2.45, 2.75) is 20.0 Å². The van der Waals surface area contributed by atoms with Crippen LogP contribution in [0.3, 0.4) is 0 Å². The van der Waals surface area contributed by atoms with Crippen LogP contribution >= 0.6 is 0 Å². The Labute approximate surface area is 106 Å². The first kappa shape index (κ1) is 14.2. The Bertz CT molecular complexity index is 423. The van der Waals surface area contributed by atoms with Crippen LogP contribution in [0, 0.1) is 10.1 Å². The molecule has 0 spiro atoms. The van der Waals surface area contributed by atoms with Gasteiger partial charge in [-0.2, -0.15) is 0 Å². The molecule has 0 saturated heterocycles. The van der Waals surface area contributed by atoms with Gasteiger partial charge in [-0.05, 0) is 13.8 Å². The topological polar surface area (TPSA) is 91.5 Å². The molecule has 0 fully saturated rings. The van der Waals surface area contributed by atoms with Crippen molar-refractivity contribution in [3.05, 3.63) is 22.2 Å². The van der Waals surface area contributed by atoms with Gasteiger partial charge in [0.15, 0.2) is 0 Å².